The van der Waals surface area contributed by atoms with Crippen molar-refractivity contribution < 1.29 is 23.1 Å². The molecular weight excluding hydrogens is 490 g/mol. The third kappa shape index (κ3) is 6.60. The summed E-state index contributed by atoms with van der Waals surface area (Å²) in [6.45, 7) is 3.41. The van der Waals surface area contributed by atoms with Crippen LogP contribution in [0.15, 0.2) is 60.7 Å². The fraction of sp³-hybridized carbons (Fsp3) is 0.321. The summed E-state index contributed by atoms with van der Waals surface area (Å²) in [6, 6.07) is 18.8. The van der Waals surface area contributed by atoms with Crippen molar-refractivity contribution in [3.8, 4) is 17.6 Å². The fourth-order valence-electron chi connectivity index (χ4n) is 4.29. The summed E-state index contributed by atoms with van der Waals surface area (Å²) >= 11 is 0. The summed E-state index contributed by atoms with van der Waals surface area (Å²) in [6.07, 6.45) is 0.825. The number of piperazine rings is 1. The number of fused-ring (bicyclic) bond motifs is 1. The Morgan fingerprint density at radius 2 is 1.59 bits per heavy atom. The first-order valence-corrected chi connectivity index (χ1v) is 13.7. The van der Waals surface area contributed by atoms with E-state index in [2.05, 4.69) is 27.5 Å². The van der Waals surface area contributed by atoms with Crippen molar-refractivity contribution in [1.29, 1.82) is 0 Å². The van der Waals surface area contributed by atoms with Crippen LogP contribution >= 0.6 is 0 Å². The maximum atomic E-state index is 12.7. The lowest BCUT2D eigenvalue weighted by Gasteiger charge is -2.35. The lowest BCUT2D eigenvalue weighted by Crippen LogP contribution is -2.54. The van der Waals surface area contributed by atoms with Crippen molar-refractivity contribution in [3.05, 3.63) is 71.8 Å². The normalized spacial score (nSPS) is 15.1. The van der Waals surface area contributed by atoms with Crippen molar-refractivity contribution in [2.24, 2.45) is 0 Å². The van der Waals surface area contributed by atoms with Crippen LogP contribution in [0.1, 0.15) is 30.9 Å². The molecule has 3 aromatic carbocycles. The lowest BCUT2D eigenvalue weighted by molar-refractivity contribution is -0.139. The Kier molecular flexibility index (Phi) is 8.34. The number of nitrogens with one attached hydrogen (secondary N) is 1. The van der Waals surface area contributed by atoms with E-state index in [-0.39, 0.29) is 19.5 Å². The highest BCUT2D eigenvalue weighted by Gasteiger charge is 2.31. The molecule has 0 aliphatic carbocycles. The van der Waals surface area contributed by atoms with E-state index >= 15 is 0 Å². The summed E-state index contributed by atoms with van der Waals surface area (Å²) in [5.74, 6) is 6.09. The van der Waals surface area contributed by atoms with Crippen LogP contribution in [0.4, 0.5) is 5.69 Å². The van der Waals surface area contributed by atoms with Gasteiger partial charge in [-0.1, -0.05) is 37.3 Å². The molecule has 8 nitrogen and oxygen atoms in total. The van der Waals surface area contributed by atoms with Gasteiger partial charge in [-0.15, -0.1) is 0 Å². The molecule has 37 heavy (non-hydrogen) atoms. The van der Waals surface area contributed by atoms with Crippen LogP contribution in [-0.4, -0.2) is 63.1 Å². The number of aliphatic carboxylic acids is 1. The van der Waals surface area contributed by atoms with E-state index in [1.54, 1.807) is 7.11 Å². The standard InChI is InChI=1S/C28H31N3O5S/c1-3-4-27(28(32)33)29-37(34,35)31-17-15-30(16-18-31)25-12-8-21(9-13-25)5-6-22-7-10-24-20-26(36-2)14-11-23(24)19-22/h7-14,19-20,27,29H,3-4,15-18H2,1-2H3,(H,32,33). The van der Waals surface area contributed by atoms with Crippen LogP contribution in [-0.2, 0) is 15.0 Å². The predicted molar refractivity (Wildman–Crippen MR) is 145 cm³/mol. The monoisotopic (exact) mass is 521 g/mol. The van der Waals surface area contributed by atoms with Gasteiger partial charge < -0.3 is 14.7 Å². The second-order valence-electron chi connectivity index (χ2n) is 8.91. The average molecular weight is 522 g/mol. The molecule has 4 rings (SSSR count). The molecule has 1 aliphatic heterocycles. The first-order valence-electron chi connectivity index (χ1n) is 12.2. The minimum absolute atomic E-state index is 0.250. The molecule has 0 saturated carbocycles. The van der Waals surface area contributed by atoms with E-state index in [4.69, 9.17) is 4.74 Å². The molecule has 1 fully saturated rings. The maximum absolute atomic E-state index is 12.7. The van der Waals surface area contributed by atoms with Gasteiger partial charge in [-0.3, -0.25) is 4.79 Å². The number of carboxylic acid groups (broad SMARTS) is 1. The molecule has 1 saturated heterocycles. The van der Waals surface area contributed by atoms with Gasteiger partial charge in [0.1, 0.15) is 11.8 Å². The molecule has 1 aliphatic rings. The van der Waals surface area contributed by atoms with E-state index in [1.807, 2.05) is 61.5 Å². The van der Waals surface area contributed by atoms with Crippen LogP contribution in [0.3, 0.4) is 0 Å². The molecule has 1 heterocycles. The quantitative estimate of drug-likeness (QED) is 0.441. The van der Waals surface area contributed by atoms with Gasteiger partial charge in [-0.2, -0.15) is 17.4 Å². The van der Waals surface area contributed by atoms with Gasteiger partial charge in [-0.05, 0) is 65.7 Å². The number of carboxylic acids is 1. The van der Waals surface area contributed by atoms with Crippen LogP contribution in [0.2, 0.25) is 0 Å². The van der Waals surface area contributed by atoms with Crippen LogP contribution in [0.5, 0.6) is 5.75 Å². The topological polar surface area (TPSA) is 99.2 Å². The van der Waals surface area contributed by atoms with Gasteiger partial charge in [-0.25, -0.2) is 0 Å². The first-order chi connectivity index (χ1) is 17.8. The zero-order valence-corrected chi connectivity index (χ0v) is 21.8. The van der Waals surface area contributed by atoms with Crippen molar-refractivity contribution in [3.63, 3.8) is 0 Å². The van der Waals surface area contributed by atoms with Gasteiger partial charge in [0.15, 0.2) is 0 Å². The van der Waals surface area contributed by atoms with Crippen molar-refractivity contribution in [1.82, 2.24) is 9.03 Å². The number of carbonyl (C=O) groups is 1. The SMILES string of the molecule is CCCC(NS(=O)(=O)N1CCN(c2ccc(C#Cc3ccc4cc(OC)ccc4c3)cc2)CC1)C(=O)O. The third-order valence-electron chi connectivity index (χ3n) is 6.38. The molecule has 3 aromatic rings. The Morgan fingerprint density at radius 1 is 0.973 bits per heavy atom. The first kappa shape index (κ1) is 26.5. The van der Waals surface area contributed by atoms with Gasteiger partial charge in [0, 0.05) is 43.0 Å². The Morgan fingerprint density at radius 3 is 2.24 bits per heavy atom. The van der Waals surface area contributed by atoms with Crippen LogP contribution in [0.25, 0.3) is 10.8 Å². The minimum Gasteiger partial charge on any atom is -0.497 e. The van der Waals surface area contributed by atoms with E-state index in [0.29, 0.717) is 19.5 Å². The summed E-state index contributed by atoms with van der Waals surface area (Å²) in [5, 5.41) is 11.5. The summed E-state index contributed by atoms with van der Waals surface area (Å²) in [5.41, 5.74) is 2.81. The molecule has 1 unspecified atom stereocenters. The van der Waals surface area contributed by atoms with Crippen molar-refractivity contribution in [2.45, 2.75) is 25.8 Å². The number of rotatable bonds is 8. The number of methoxy groups -OCH3 is 1. The molecule has 2 N–H and O–H groups in total. The summed E-state index contributed by atoms with van der Waals surface area (Å²) in [4.78, 5) is 13.5. The summed E-state index contributed by atoms with van der Waals surface area (Å²) in [7, 11) is -2.21. The highest BCUT2D eigenvalue weighted by atomic mass is 32.2. The number of nitrogens with zero attached hydrogens (tertiary/aromatic N) is 2. The van der Waals surface area contributed by atoms with E-state index < -0.39 is 22.2 Å². The predicted octanol–water partition coefficient (Wildman–Crippen LogP) is 3.46. The van der Waals surface area contributed by atoms with Crippen LogP contribution < -0.4 is 14.4 Å². The summed E-state index contributed by atoms with van der Waals surface area (Å²) < 4.78 is 34.3. The number of hydrogen-bond acceptors (Lipinski definition) is 5. The van der Waals surface area contributed by atoms with E-state index in [1.165, 1.54) is 4.31 Å². The molecule has 0 amide bonds. The Bertz CT molecular complexity index is 1420. The van der Waals surface area contributed by atoms with Crippen molar-refractivity contribution in [2.75, 3.05) is 38.2 Å². The number of benzene rings is 3. The van der Waals surface area contributed by atoms with E-state index in [9.17, 15) is 18.3 Å². The molecule has 1 atom stereocenters. The second-order valence-corrected chi connectivity index (χ2v) is 10.6. The van der Waals surface area contributed by atoms with Crippen LogP contribution in [0, 0.1) is 11.8 Å². The van der Waals surface area contributed by atoms with Crippen molar-refractivity contribution >= 4 is 32.6 Å². The number of ether oxygens (including phenoxy) is 1. The molecular formula is C28H31N3O5S. The van der Waals surface area contributed by atoms with E-state index in [0.717, 1.165) is 33.3 Å². The minimum atomic E-state index is -3.86. The molecule has 194 valence electrons. The zero-order valence-electron chi connectivity index (χ0n) is 21.0. The number of anilines is 1. The molecule has 0 aromatic heterocycles. The lowest BCUT2D eigenvalue weighted by atomic mass is 10.1. The Balaban J connectivity index is 1.36. The van der Waals surface area contributed by atoms with Gasteiger partial charge in [0.2, 0.25) is 0 Å². The fourth-order valence-corrected chi connectivity index (χ4v) is 5.66. The van der Waals surface area contributed by atoms with Gasteiger partial charge in [0.05, 0.1) is 7.11 Å². The Hall–Kier alpha value is -3.58. The largest absolute Gasteiger partial charge is 0.497 e. The molecule has 0 bridgehead atoms. The smallest absolute Gasteiger partial charge is 0.321 e. The maximum Gasteiger partial charge on any atom is 0.321 e. The number of hydrogen-bond donors (Lipinski definition) is 2. The second kappa shape index (κ2) is 11.6. The third-order valence-corrected chi connectivity index (χ3v) is 8.00. The molecule has 0 spiro atoms. The molecule has 9 heteroatoms. The molecule has 0 radical (unpaired) electrons. The zero-order chi connectivity index (χ0) is 26.4. The average Bonchev–Trinajstić information content (AvgIpc) is 2.91. The van der Waals surface area contributed by atoms with Gasteiger partial charge in [0.25, 0.3) is 10.2 Å². The van der Waals surface area contributed by atoms with Gasteiger partial charge >= 0.3 is 5.97 Å². The highest BCUT2D eigenvalue weighted by molar-refractivity contribution is 7.87. The highest BCUT2D eigenvalue weighted by Crippen LogP contribution is 2.22. The Labute approximate surface area is 218 Å².